The minimum atomic E-state index is -5.81. The predicted molar refractivity (Wildman–Crippen MR) is 109 cm³/mol. The van der Waals surface area contributed by atoms with E-state index in [0.717, 1.165) is 11.8 Å². The molecule has 2 aromatic carbocycles. The Morgan fingerprint density at radius 3 is 1.88 bits per heavy atom. The number of phenols is 1. The van der Waals surface area contributed by atoms with Crippen LogP contribution in [0.5, 0.6) is 11.5 Å². The highest BCUT2D eigenvalue weighted by Gasteiger charge is 2.48. The van der Waals surface area contributed by atoms with Crippen LogP contribution >= 0.6 is 0 Å². The number of benzene rings is 2. The lowest BCUT2D eigenvalue weighted by atomic mass is 10.1. The fourth-order valence-corrected chi connectivity index (χ4v) is 3.31. The molecular weight excluding hydrogens is 465 g/mol. The van der Waals surface area contributed by atoms with E-state index < -0.39 is 21.4 Å². The first-order valence-electron chi connectivity index (χ1n) is 8.93. The first-order valence-corrected chi connectivity index (χ1v) is 10.3. The van der Waals surface area contributed by atoms with Crippen molar-refractivity contribution in [1.82, 2.24) is 0 Å². The van der Waals surface area contributed by atoms with Gasteiger partial charge in [-0.25, -0.2) is 0 Å². The number of aromatic hydroxyl groups is 1. The molecule has 0 saturated carbocycles. The Bertz CT molecular complexity index is 1550. The highest BCUT2D eigenvalue weighted by molar-refractivity contribution is 7.88. The van der Waals surface area contributed by atoms with Gasteiger partial charge in [-0.3, -0.25) is 0 Å². The van der Waals surface area contributed by atoms with Crippen molar-refractivity contribution >= 4 is 32.1 Å². The van der Waals surface area contributed by atoms with Gasteiger partial charge in [-0.2, -0.15) is 32.1 Å². The maximum absolute atomic E-state index is 12.3. The number of halogens is 3. The molecule has 0 unspecified atom stereocenters. The van der Waals surface area contributed by atoms with Crippen LogP contribution in [-0.2, 0) is 10.1 Å². The Labute approximate surface area is 184 Å². The molecule has 8 nitrogen and oxygen atoms in total. The number of furan rings is 2. The van der Waals surface area contributed by atoms with Crippen LogP contribution in [0.1, 0.15) is 22.6 Å². The molecule has 0 atom stereocenters. The summed E-state index contributed by atoms with van der Waals surface area (Å²) in [6.07, 6.45) is 0. The number of hydrogen-bond acceptors (Lipinski definition) is 8. The highest BCUT2D eigenvalue weighted by Crippen LogP contribution is 2.34. The molecular formula is C21H13F3N2O6S. The normalized spacial score (nSPS) is 11.5. The molecule has 0 radical (unpaired) electrons. The van der Waals surface area contributed by atoms with E-state index in [-0.39, 0.29) is 22.3 Å². The van der Waals surface area contributed by atoms with Crippen LogP contribution < -0.4 is 4.18 Å². The summed E-state index contributed by atoms with van der Waals surface area (Å²) in [6.45, 7) is 3.32. The summed E-state index contributed by atoms with van der Waals surface area (Å²) in [5.41, 5.74) is -4.62. The van der Waals surface area contributed by atoms with Crippen molar-refractivity contribution in [3.8, 4) is 23.6 Å². The van der Waals surface area contributed by atoms with Gasteiger partial charge in [0.1, 0.15) is 28.4 Å². The third-order valence-electron chi connectivity index (χ3n) is 4.20. The monoisotopic (exact) mass is 478 g/mol. The van der Waals surface area contributed by atoms with Crippen molar-refractivity contribution in [3.05, 3.63) is 59.0 Å². The molecule has 12 heteroatoms. The average molecular weight is 478 g/mol. The highest BCUT2D eigenvalue weighted by atomic mass is 32.2. The topological polar surface area (TPSA) is 137 Å². The van der Waals surface area contributed by atoms with Crippen LogP contribution in [0.25, 0.3) is 21.9 Å². The van der Waals surface area contributed by atoms with E-state index in [1.807, 2.05) is 6.07 Å². The van der Waals surface area contributed by atoms with Gasteiger partial charge in [0.2, 0.25) is 0 Å². The van der Waals surface area contributed by atoms with Crippen LogP contribution in [0.3, 0.4) is 0 Å². The van der Waals surface area contributed by atoms with Gasteiger partial charge in [-0.05, 0) is 44.2 Å². The molecule has 0 amide bonds. The molecule has 170 valence electrons. The third-order valence-corrected chi connectivity index (χ3v) is 5.17. The third kappa shape index (κ3) is 4.86. The Hall–Kier alpha value is -4.16. The fraction of sp³-hybridized carbons (Fsp3) is 0.143. The predicted octanol–water partition coefficient (Wildman–Crippen LogP) is 5.16. The molecule has 0 aliphatic rings. The summed E-state index contributed by atoms with van der Waals surface area (Å²) in [6, 6.07) is 11.9. The summed E-state index contributed by atoms with van der Waals surface area (Å²) in [4.78, 5) is 0. The molecule has 2 aromatic heterocycles. The van der Waals surface area contributed by atoms with Crippen molar-refractivity contribution in [3.63, 3.8) is 0 Å². The first kappa shape index (κ1) is 23.5. The largest absolute Gasteiger partial charge is 0.534 e. The second-order valence-corrected chi connectivity index (χ2v) is 8.25. The lowest BCUT2D eigenvalue weighted by Crippen LogP contribution is -2.28. The molecule has 0 aliphatic heterocycles. The lowest BCUT2D eigenvalue weighted by Gasteiger charge is -2.10. The quantitative estimate of drug-likeness (QED) is 0.308. The van der Waals surface area contributed by atoms with Gasteiger partial charge < -0.3 is 18.1 Å². The zero-order chi connectivity index (χ0) is 24.6. The molecule has 2 heterocycles. The summed E-state index contributed by atoms with van der Waals surface area (Å²) < 4.78 is 73.4. The molecule has 0 aliphatic carbocycles. The summed E-state index contributed by atoms with van der Waals surface area (Å²) >= 11 is 0. The SMILES string of the molecule is Cc1cc2c(O)cc(C#N)cc2o1.Cc1cc2c(OS(=O)(=O)C(F)(F)F)cc(C#N)cc2o1. The van der Waals surface area contributed by atoms with Crippen molar-refractivity contribution in [2.75, 3.05) is 0 Å². The Balaban J connectivity index is 0.000000203. The van der Waals surface area contributed by atoms with Gasteiger partial charge >= 0.3 is 15.6 Å². The number of fused-ring (bicyclic) bond motifs is 2. The summed E-state index contributed by atoms with van der Waals surface area (Å²) in [7, 11) is -5.81. The van der Waals surface area contributed by atoms with Gasteiger partial charge in [0, 0.05) is 6.07 Å². The van der Waals surface area contributed by atoms with E-state index in [2.05, 4.69) is 4.18 Å². The van der Waals surface area contributed by atoms with E-state index in [9.17, 15) is 26.7 Å². The number of alkyl halides is 3. The van der Waals surface area contributed by atoms with Crippen molar-refractivity contribution in [2.24, 2.45) is 0 Å². The molecule has 0 fully saturated rings. The van der Waals surface area contributed by atoms with Gasteiger partial charge in [0.05, 0.1) is 34.0 Å². The van der Waals surface area contributed by atoms with E-state index >= 15 is 0 Å². The van der Waals surface area contributed by atoms with Crippen LogP contribution in [0.2, 0.25) is 0 Å². The molecule has 1 N–H and O–H groups in total. The van der Waals surface area contributed by atoms with E-state index in [1.165, 1.54) is 25.1 Å². The maximum atomic E-state index is 12.3. The number of nitriles is 2. The van der Waals surface area contributed by atoms with Crippen LogP contribution in [0.4, 0.5) is 13.2 Å². The van der Waals surface area contributed by atoms with Crippen molar-refractivity contribution in [1.29, 1.82) is 10.5 Å². The van der Waals surface area contributed by atoms with Crippen LogP contribution in [-0.4, -0.2) is 19.0 Å². The Morgan fingerprint density at radius 1 is 0.879 bits per heavy atom. The second-order valence-electron chi connectivity index (χ2n) is 6.71. The Morgan fingerprint density at radius 2 is 1.36 bits per heavy atom. The van der Waals surface area contributed by atoms with Gasteiger partial charge in [-0.15, -0.1) is 0 Å². The van der Waals surface area contributed by atoms with Crippen LogP contribution in [0.15, 0.2) is 45.2 Å². The van der Waals surface area contributed by atoms with Crippen molar-refractivity contribution < 1.29 is 39.7 Å². The minimum absolute atomic E-state index is 0.0364. The Kier molecular flexibility index (Phi) is 5.99. The fourth-order valence-electron chi connectivity index (χ4n) is 2.85. The van der Waals surface area contributed by atoms with E-state index in [0.29, 0.717) is 22.3 Å². The van der Waals surface area contributed by atoms with E-state index in [1.54, 1.807) is 25.1 Å². The molecule has 4 aromatic rings. The zero-order valence-corrected chi connectivity index (χ0v) is 17.7. The smallest absolute Gasteiger partial charge is 0.507 e. The summed E-state index contributed by atoms with van der Waals surface area (Å²) in [5.74, 6) is 0.545. The summed E-state index contributed by atoms with van der Waals surface area (Å²) in [5, 5.41) is 27.6. The number of hydrogen-bond donors (Lipinski definition) is 1. The van der Waals surface area contributed by atoms with Crippen LogP contribution in [0, 0.1) is 36.5 Å². The minimum Gasteiger partial charge on any atom is -0.507 e. The van der Waals surface area contributed by atoms with Gasteiger partial charge in [-0.1, -0.05) is 0 Å². The lowest BCUT2D eigenvalue weighted by molar-refractivity contribution is -0.0499. The van der Waals surface area contributed by atoms with E-state index in [4.69, 9.17) is 19.4 Å². The molecule has 4 rings (SSSR count). The molecule has 0 bridgehead atoms. The molecule has 33 heavy (non-hydrogen) atoms. The maximum Gasteiger partial charge on any atom is 0.534 e. The number of rotatable bonds is 2. The first-order chi connectivity index (χ1) is 15.3. The average Bonchev–Trinajstić information content (AvgIpc) is 3.28. The standard InChI is InChI=1S/C11H6F3NO4S.C10H7NO2/c1-6-2-8-9(18-6)3-7(5-15)4-10(8)19-20(16,17)11(12,13)14;1-6-2-8-9(12)3-7(5-11)4-10(8)13-6/h2-4H,1H3;2-4,12H,1H3. The van der Waals surface area contributed by atoms with Gasteiger partial charge in [0.15, 0.2) is 5.75 Å². The molecule has 0 spiro atoms. The van der Waals surface area contributed by atoms with Crippen molar-refractivity contribution in [2.45, 2.75) is 19.4 Å². The molecule has 0 saturated heterocycles. The van der Waals surface area contributed by atoms with Gasteiger partial charge in [0.25, 0.3) is 0 Å². The second kappa shape index (κ2) is 8.41. The zero-order valence-electron chi connectivity index (χ0n) is 16.9. The number of aryl methyl sites for hydroxylation is 2. The number of nitrogens with zero attached hydrogens (tertiary/aromatic N) is 2. The number of phenolic OH excluding ortho intramolecular Hbond substituents is 1.